The smallest absolute Gasteiger partial charge is 0.353 e. The van der Waals surface area contributed by atoms with Gasteiger partial charge in [0.2, 0.25) is 0 Å². The second kappa shape index (κ2) is 4.74. The Morgan fingerprint density at radius 1 is 1.80 bits per heavy atom. The zero-order chi connectivity index (χ0) is 8.15. The van der Waals surface area contributed by atoms with Crippen molar-refractivity contribution < 1.29 is 19.7 Å². The molecule has 0 spiro atoms. The van der Waals surface area contributed by atoms with Gasteiger partial charge in [0, 0.05) is 4.57 Å². The van der Waals surface area contributed by atoms with Crippen molar-refractivity contribution in [2.75, 3.05) is 0 Å². The van der Waals surface area contributed by atoms with Crippen LogP contribution in [0.25, 0.3) is 0 Å². The molecule has 0 aromatic heterocycles. The summed E-state index contributed by atoms with van der Waals surface area (Å²) < 4.78 is 14.8. The fourth-order valence-electron chi connectivity index (χ4n) is 0.697. The van der Waals surface area contributed by atoms with Crippen molar-refractivity contribution in [1.82, 2.24) is 0 Å². The Bertz CT molecular complexity index is 117. The molecule has 10 heavy (non-hydrogen) atoms. The van der Waals surface area contributed by atoms with E-state index in [9.17, 15) is 4.57 Å². The maximum absolute atomic E-state index is 10.2. The Labute approximate surface area is 61.3 Å². The van der Waals surface area contributed by atoms with Crippen LogP contribution in [-0.2, 0) is 9.09 Å². The summed E-state index contributed by atoms with van der Waals surface area (Å²) in [5.74, 6) is 0. The third-order valence-corrected chi connectivity index (χ3v) is 1.71. The van der Waals surface area contributed by atoms with Gasteiger partial charge in [-0.1, -0.05) is 6.92 Å². The van der Waals surface area contributed by atoms with Crippen molar-refractivity contribution in [3.05, 3.63) is 0 Å². The van der Waals surface area contributed by atoms with Crippen molar-refractivity contribution in [2.24, 2.45) is 0 Å². The first-order valence-electron chi connectivity index (χ1n) is 3.24. The molecule has 0 rings (SSSR count). The van der Waals surface area contributed by atoms with Crippen molar-refractivity contribution in [2.45, 2.75) is 32.4 Å². The van der Waals surface area contributed by atoms with E-state index in [1.807, 2.05) is 13.8 Å². The first kappa shape index (κ1) is 9.98. The highest BCUT2D eigenvalue weighted by molar-refractivity contribution is 7.32. The molecule has 0 amide bonds. The van der Waals surface area contributed by atoms with Crippen LogP contribution in [0.2, 0.25) is 0 Å². The summed E-state index contributed by atoms with van der Waals surface area (Å²) in [4.78, 5) is 8.36. The van der Waals surface area contributed by atoms with E-state index in [4.69, 9.17) is 4.89 Å². The number of rotatable bonds is 4. The van der Waals surface area contributed by atoms with Gasteiger partial charge < -0.3 is 5.73 Å². The van der Waals surface area contributed by atoms with Gasteiger partial charge in [0.25, 0.3) is 0 Å². The average molecular weight is 167 g/mol. The lowest BCUT2D eigenvalue weighted by atomic mass is 10.1. The number of quaternary nitrogens is 1. The lowest BCUT2D eigenvalue weighted by molar-refractivity contribution is -0.429. The lowest BCUT2D eigenvalue weighted by Gasteiger charge is -2.07. The quantitative estimate of drug-likeness (QED) is 0.581. The van der Waals surface area contributed by atoms with Crippen LogP contribution >= 0.6 is 8.25 Å². The average Bonchev–Trinajstić information content (AvgIpc) is 1.81. The molecular weight excluding hydrogens is 153 g/mol. The summed E-state index contributed by atoms with van der Waals surface area (Å²) in [6, 6.07) is 0.0519. The topological polar surface area (TPSA) is 74.2 Å². The normalized spacial score (nSPS) is 18.2. The zero-order valence-electron chi connectivity index (χ0n) is 6.28. The van der Waals surface area contributed by atoms with Crippen LogP contribution in [0.3, 0.4) is 0 Å². The van der Waals surface area contributed by atoms with Gasteiger partial charge in [-0.15, -0.1) is 9.42 Å². The molecule has 4 nitrogen and oxygen atoms in total. The van der Waals surface area contributed by atoms with E-state index < -0.39 is 8.25 Å². The monoisotopic (exact) mass is 167 g/mol. The third kappa shape index (κ3) is 3.90. The Morgan fingerprint density at radius 3 is 2.40 bits per heavy atom. The Morgan fingerprint density at radius 2 is 2.30 bits per heavy atom. The van der Waals surface area contributed by atoms with Gasteiger partial charge in [0.1, 0.15) is 6.04 Å². The molecule has 0 aromatic carbocycles. The maximum atomic E-state index is 10.2. The van der Waals surface area contributed by atoms with E-state index in [1.54, 1.807) is 0 Å². The summed E-state index contributed by atoms with van der Waals surface area (Å²) in [6.07, 6.45) is 0.514. The predicted octanol–water partition coefficient (Wildman–Crippen LogP) is 0.0617. The minimum absolute atomic E-state index is 0.0519. The first-order valence-corrected chi connectivity index (χ1v) is 4.37. The molecule has 0 bridgehead atoms. The third-order valence-electron chi connectivity index (χ3n) is 1.26. The van der Waals surface area contributed by atoms with Crippen LogP contribution in [0.4, 0.5) is 0 Å². The van der Waals surface area contributed by atoms with Crippen LogP contribution in [0, 0.1) is 0 Å². The van der Waals surface area contributed by atoms with Gasteiger partial charge >= 0.3 is 8.25 Å². The fourth-order valence-corrected chi connectivity index (χ4v) is 1.29. The van der Waals surface area contributed by atoms with E-state index >= 15 is 0 Å². The van der Waals surface area contributed by atoms with Crippen LogP contribution < -0.4 is 5.73 Å². The minimum Gasteiger partial charge on any atom is -0.353 e. The van der Waals surface area contributed by atoms with Crippen molar-refractivity contribution in [3.63, 3.8) is 0 Å². The van der Waals surface area contributed by atoms with Crippen molar-refractivity contribution >= 4 is 8.25 Å². The Balaban J connectivity index is 3.71. The Kier molecular flexibility index (Phi) is 4.73. The van der Waals surface area contributed by atoms with Crippen molar-refractivity contribution in [1.29, 1.82) is 0 Å². The number of hydrogen-bond acceptors (Lipinski definition) is 2. The van der Waals surface area contributed by atoms with Gasteiger partial charge in [-0.05, 0) is 13.3 Å². The highest BCUT2D eigenvalue weighted by atomic mass is 31.1. The molecule has 0 aliphatic rings. The van der Waals surface area contributed by atoms with Crippen LogP contribution in [-0.4, -0.2) is 17.0 Å². The molecule has 0 radical (unpaired) electrons. The summed E-state index contributed by atoms with van der Waals surface area (Å²) in [7, 11) is -2.47. The predicted molar refractivity (Wildman–Crippen MR) is 37.3 cm³/mol. The molecule has 4 N–H and O–H groups in total. The molecule has 3 unspecified atom stereocenters. The van der Waals surface area contributed by atoms with Gasteiger partial charge in [0.05, 0.1) is 0 Å². The second-order valence-electron chi connectivity index (χ2n) is 2.27. The molecule has 0 fully saturated rings. The molecule has 0 saturated heterocycles. The summed E-state index contributed by atoms with van der Waals surface area (Å²) >= 11 is 0. The SMILES string of the molecule is CCC(O[P+](=O)O)C(C)[NH3+]. The van der Waals surface area contributed by atoms with Crippen LogP contribution in [0.1, 0.15) is 20.3 Å². The summed E-state index contributed by atoms with van der Waals surface area (Å²) in [6.45, 7) is 3.75. The van der Waals surface area contributed by atoms with Crippen LogP contribution in [0.5, 0.6) is 0 Å². The van der Waals surface area contributed by atoms with Gasteiger partial charge in [-0.3, -0.25) is 0 Å². The molecule has 0 aliphatic heterocycles. The van der Waals surface area contributed by atoms with Crippen molar-refractivity contribution in [3.8, 4) is 0 Å². The molecule has 3 atom stereocenters. The van der Waals surface area contributed by atoms with E-state index in [2.05, 4.69) is 10.3 Å². The maximum Gasteiger partial charge on any atom is 0.695 e. The van der Waals surface area contributed by atoms with Gasteiger partial charge in [-0.25, -0.2) is 0 Å². The first-order chi connectivity index (χ1) is 4.57. The molecule has 60 valence electrons. The number of hydrogen-bond donors (Lipinski definition) is 2. The van der Waals surface area contributed by atoms with E-state index in [-0.39, 0.29) is 12.1 Å². The largest absolute Gasteiger partial charge is 0.695 e. The molecule has 0 saturated carbocycles. The van der Waals surface area contributed by atoms with E-state index in [0.717, 1.165) is 0 Å². The van der Waals surface area contributed by atoms with E-state index in [0.29, 0.717) is 6.42 Å². The molecule has 0 heterocycles. The standard InChI is InChI=1S/C5H12NO3P/c1-3-5(4(2)6)9-10(7)8/h4-5H,3,6H2,1-2H3/p+2. The molecule has 0 aliphatic carbocycles. The minimum atomic E-state index is -2.47. The highest BCUT2D eigenvalue weighted by Crippen LogP contribution is 2.20. The fraction of sp³-hybridized carbons (Fsp3) is 1.00. The van der Waals surface area contributed by atoms with Gasteiger partial charge in [-0.2, -0.15) is 0 Å². The lowest BCUT2D eigenvalue weighted by Crippen LogP contribution is -2.64. The van der Waals surface area contributed by atoms with Crippen LogP contribution in [0.15, 0.2) is 0 Å². The molecule has 0 aromatic rings. The van der Waals surface area contributed by atoms with Gasteiger partial charge in [0.15, 0.2) is 6.10 Å². The highest BCUT2D eigenvalue weighted by Gasteiger charge is 2.26. The zero-order valence-corrected chi connectivity index (χ0v) is 7.17. The summed E-state index contributed by atoms with van der Waals surface area (Å²) in [5, 5.41) is 0. The summed E-state index contributed by atoms with van der Waals surface area (Å²) in [5.41, 5.74) is 3.70. The molecule has 5 heteroatoms. The molecular formula is C5H14NO3P+2. The Hall–Kier alpha value is -0.0200. The van der Waals surface area contributed by atoms with E-state index in [1.165, 1.54) is 0 Å². The second-order valence-corrected chi connectivity index (χ2v) is 2.95.